The average Bonchev–Trinajstić information content (AvgIpc) is 2.86. The number of thioether (sulfide) groups is 1. The van der Waals surface area contributed by atoms with Crippen molar-refractivity contribution in [2.24, 2.45) is 5.92 Å². The predicted molar refractivity (Wildman–Crippen MR) is 154 cm³/mol. The molecular formula is C30H35BrN2O2S. The van der Waals surface area contributed by atoms with Gasteiger partial charge in [0.1, 0.15) is 6.04 Å². The van der Waals surface area contributed by atoms with Crippen molar-refractivity contribution in [2.45, 2.75) is 45.5 Å². The van der Waals surface area contributed by atoms with Crippen LogP contribution in [0.4, 0.5) is 0 Å². The molecule has 1 N–H and O–H groups in total. The standard InChI is InChI=1S/C30H35BrN2O2S/c1-22(2)18-32-30(35)28(17-24-9-5-4-6-10-24)33(19-26-11-7-8-23(3)16-26)29(34)21-36-20-25-12-14-27(31)15-13-25/h4-16,22,28H,17-21H2,1-3H3,(H,32,35)/t28-/m0/s1. The Kier molecular flexibility index (Phi) is 11.1. The molecule has 0 aromatic heterocycles. The quantitative estimate of drug-likeness (QED) is 0.276. The summed E-state index contributed by atoms with van der Waals surface area (Å²) in [6.07, 6.45) is 0.472. The summed E-state index contributed by atoms with van der Waals surface area (Å²) in [5.41, 5.74) is 4.35. The van der Waals surface area contributed by atoms with E-state index in [-0.39, 0.29) is 11.8 Å². The number of rotatable bonds is 12. The Balaban J connectivity index is 1.83. The van der Waals surface area contributed by atoms with Gasteiger partial charge >= 0.3 is 0 Å². The fourth-order valence-corrected chi connectivity index (χ4v) is 5.04. The monoisotopic (exact) mass is 566 g/mol. The molecule has 0 spiro atoms. The Morgan fingerprint density at radius 2 is 1.61 bits per heavy atom. The van der Waals surface area contributed by atoms with Crippen LogP contribution in [0.25, 0.3) is 0 Å². The van der Waals surface area contributed by atoms with Crippen LogP contribution in [-0.2, 0) is 28.3 Å². The molecule has 0 saturated heterocycles. The molecule has 2 amide bonds. The SMILES string of the molecule is Cc1cccc(CN(C(=O)CSCc2ccc(Br)cc2)[C@@H](Cc2ccccc2)C(=O)NCC(C)C)c1. The van der Waals surface area contributed by atoms with Gasteiger partial charge in [0.2, 0.25) is 11.8 Å². The largest absolute Gasteiger partial charge is 0.354 e. The summed E-state index contributed by atoms with van der Waals surface area (Å²) in [6, 6.07) is 25.6. The second kappa shape index (κ2) is 14.2. The molecule has 3 aromatic rings. The molecule has 0 heterocycles. The molecule has 0 bridgehead atoms. The van der Waals surface area contributed by atoms with E-state index in [1.165, 1.54) is 0 Å². The minimum Gasteiger partial charge on any atom is -0.354 e. The first-order valence-electron chi connectivity index (χ1n) is 12.3. The van der Waals surface area contributed by atoms with Gasteiger partial charge in [0.25, 0.3) is 0 Å². The number of nitrogens with one attached hydrogen (secondary N) is 1. The van der Waals surface area contributed by atoms with Gasteiger partial charge in [-0.15, -0.1) is 11.8 Å². The van der Waals surface area contributed by atoms with E-state index in [1.54, 1.807) is 16.7 Å². The summed E-state index contributed by atoms with van der Waals surface area (Å²) in [5.74, 6) is 1.24. The number of benzene rings is 3. The van der Waals surface area contributed by atoms with Crippen LogP contribution in [0.2, 0.25) is 0 Å². The lowest BCUT2D eigenvalue weighted by molar-refractivity contribution is -0.139. The van der Waals surface area contributed by atoms with Crippen molar-refractivity contribution in [1.29, 1.82) is 0 Å². The number of amides is 2. The van der Waals surface area contributed by atoms with Crippen molar-refractivity contribution in [3.8, 4) is 0 Å². The predicted octanol–water partition coefficient (Wildman–Crippen LogP) is 6.40. The van der Waals surface area contributed by atoms with Crippen LogP contribution < -0.4 is 5.32 Å². The highest BCUT2D eigenvalue weighted by Crippen LogP contribution is 2.20. The molecule has 0 fully saturated rings. The second-order valence-electron chi connectivity index (χ2n) is 9.47. The van der Waals surface area contributed by atoms with Gasteiger partial charge in [-0.2, -0.15) is 0 Å². The maximum atomic E-state index is 13.7. The average molecular weight is 568 g/mol. The maximum Gasteiger partial charge on any atom is 0.243 e. The fraction of sp³-hybridized carbons (Fsp3) is 0.333. The van der Waals surface area contributed by atoms with Gasteiger partial charge in [0, 0.05) is 29.7 Å². The van der Waals surface area contributed by atoms with E-state index < -0.39 is 6.04 Å². The molecule has 3 aromatic carbocycles. The van der Waals surface area contributed by atoms with Crippen LogP contribution in [-0.4, -0.2) is 35.1 Å². The van der Waals surface area contributed by atoms with Crippen LogP contribution in [0.5, 0.6) is 0 Å². The highest BCUT2D eigenvalue weighted by Gasteiger charge is 2.30. The first-order chi connectivity index (χ1) is 17.3. The van der Waals surface area contributed by atoms with Crippen LogP contribution in [0.1, 0.15) is 36.1 Å². The molecular weight excluding hydrogens is 532 g/mol. The molecule has 0 aliphatic heterocycles. The number of hydrogen-bond donors (Lipinski definition) is 1. The van der Waals surface area contributed by atoms with E-state index in [4.69, 9.17) is 0 Å². The molecule has 4 nitrogen and oxygen atoms in total. The minimum atomic E-state index is -0.590. The van der Waals surface area contributed by atoms with Crippen molar-refractivity contribution in [1.82, 2.24) is 10.2 Å². The summed E-state index contributed by atoms with van der Waals surface area (Å²) in [6.45, 7) is 7.16. The van der Waals surface area contributed by atoms with E-state index in [1.807, 2.05) is 67.6 Å². The lowest BCUT2D eigenvalue weighted by Crippen LogP contribution is -2.51. The highest BCUT2D eigenvalue weighted by atomic mass is 79.9. The molecule has 0 unspecified atom stereocenters. The molecule has 0 radical (unpaired) electrons. The number of carbonyl (C=O) groups is 2. The number of halogens is 1. The molecule has 3 rings (SSSR count). The third-order valence-corrected chi connectivity index (χ3v) is 7.32. The van der Waals surface area contributed by atoms with E-state index in [9.17, 15) is 9.59 Å². The fourth-order valence-electron chi connectivity index (χ4n) is 3.90. The first-order valence-corrected chi connectivity index (χ1v) is 14.3. The Labute approximate surface area is 228 Å². The maximum absolute atomic E-state index is 13.7. The van der Waals surface area contributed by atoms with Crippen LogP contribution >= 0.6 is 27.7 Å². The van der Waals surface area contributed by atoms with E-state index in [0.29, 0.717) is 31.2 Å². The third-order valence-electron chi connectivity index (χ3n) is 5.80. The molecule has 36 heavy (non-hydrogen) atoms. The summed E-state index contributed by atoms with van der Waals surface area (Å²) < 4.78 is 1.04. The zero-order valence-electron chi connectivity index (χ0n) is 21.2. The van der Waals surface area contributed by atoms with Crippen LogP contribution in [0, 0.1) is 12.8 Å². The van der Waals surface area contributed by atoms with Crippen molar-refractivity contribution < 1.29 is 9.59 Å². The van der Waals surface area contributed by atoms with Crippen molar-refractivity contribution in [3.05, 3.63) is 106 Å². The lowest BCUT2D eigenvalue weighted by Gasteiger charge is -2.32. The zero-order valence-corrected chi connectivity index (χ0v) is 23.6. The Bertz CT molecular complexity index is 1120. The normalized spacial score (nSPS) is 11.8. The van der Waals surface area contributed by atoms with Crippen LogP contribution in [0.15, 0.2) is 83.3 Å². The van der Waals surface area contributed by atoms with Gasteiger partial charge < -0.3 is 10.2 Å². The molecule has 190 valence electrons. The van der Waals surface area contributed by atoms with Crippen LogP contribution in [0.3, 0.4) is 0 Å². The Morgan fingerprint density at radius 3 is 2.28 bits per heavy atom. The van der Waals surface area contributed by atoms with Gasteiger partial charge in [-0.1, -0.05) is 102 Å². The smallest absolute Gasteiger partial charge is 0.243 e. The topological polar surface area (TPSA) is 49.4 Å². The number of aryl methyl sites for hydroxylation is 1. The van der Waals surface area contributed by atoms with Crippen molar-refractivity contribution in [3.63, 3.8) is 0 Å². The Morgan fingerprint density at radius 1 is 0.917 bits per heavy atom. The molecule has 6 heteroatoms. The molecule has 0 aliphatic rings. The number of carbonyl (C=O) groups excluding carboxylic acids is 2. The van der Waals surface area contributed by atoms with Gasteiger partial charge in [0.15, 0.2) is 0 Å². The zero-order chi connectivity index (χ0) is 25.9. The Hall–Kier alpha value is -2.57. The minimum absolute atomic E-state index is 0.0285. The summed E-state index contributed by atoms with van der Waals surface area (Å²) >= 11 is 5.04. The van der Waals surface area contributed by atoms with E-state index in [2.05, 4.69) is 53.3 Å². The molecule has 1 atom stereocenters. The lowest BCUT2D eigenvalue weighted by atomic mass is 10.0. The van der Waals surface area contributed by atoms with E-state index >= 15 is 0 Å². The number of nitrogens with zero attached hydrogens (tertiary/aromatic N) is 1. The highest BCUT2D eigenvalue weighted by molar-refractivity contribution is 9.10. The van der Waals surface area contributed by atoms with Gasteiger partial charge in [0.05, 0.1) is 5.75 Å². The van der Waals surface area contributed by atoms with Crippen molar-refractivity contribution in [2.75, 3.05) is 12.3 Å². The van der Waals surface area contributed by atoms with Gasteiger partial charge in [-0.05, 0) is 41.7 Å². The summed E-state index contributed by atoms with van der Waals surface area (Å²) in [4.78, 5) is 28.9. The second-order valence-corrected chi connectivity index (χ2v) is 11.4. The summed E-state index contributed by atoms with van der Waals surface area (Å²) in [5, 5.41) is 3.08. The third kappa shape index (κ3) is 9.14. The molecule has 0 saturated carbocycles. The number of hydrogen-bond acceptors (Lipinski definition) is 3. The van der Waals surface area contributed by atoms with E-state index in [0.717, 1.165) is 32.5 Å². The summed E-state index contributed by atoms with van der Waals surface area (Å²) in [7, 11) is 0. The van der Waals surface area contributed by atoms with Gasteiger partial charge in [-0.3, -0.25) is 9.59 Å². The van der Waals surface area contributed by atoms with Gasteiger partial charge in [-0.25, -0.2) is 0 Å². The molecule has 0 aliphatic carbocycles. The first kappa shape index (κ1) is 28.0. The van der Waals surface area contributed by atoms with Crippen molar-refractivity contribution >= 4 is 39.5 Å².